The third kappa shape index (κ3) is 3.05. The number of pyridine rings is 1. The van der Waals surface area contributed by atoms with Crippen LogP contribution in [0.1, 0.15) is 30.4 Å². The molecule has 0 aliphatic rings. The maximum Gasteiger partial charge on any atom is 0.573 e. The van der Waals surface area contributed by atoms with E-state index in [0.717, 1.165) is 18.2 Å². The minimum atomic E-state index is -4.87. The Balaban J connectivity index is 2.75. The Labute approximate surface area is 122 Å². The summed E-state index contributed by atoms with van der Waals surface area (Å²) >= 11 is 0. The fourth-order valence-corrected chi connectivity index (χ4v) is 2.24. The summed E-state index contributed by atoms with van der Waals surface area (Å²) in [4.78, 5) is 23.2. The Morgan fingerprint density at radius 2 is 1.91 bits per heavy atom. The van der Waals surface area contributed by atoms with Gasteiger partial charge in [-0.05, 0) is 32.0 Å². The number of hydrogen-bond acceptors (Lipinski definition) is 3. The molecule has 0 atom stereocenters. The maximum absolute atomic E-state index is 12.2. The number of benzene rings is 1. The number of alkyl halides is 3. The number of carboxylic acids is 1. The van der Waals surface area contributed by atoms with Crippen LogP contribution in [0.15, 0.2) is 29.1 Å². The standard InChI is InChI=1S/C14H12F3NO4/c1-7(2)18-10-4-3-8(22-14(15,16)17)5-9(10)12(19)6-11(18)13(20)21/h3-7H,1-2H3,(H,20,21). The van der Waals surface area contributed by atoms with E-state index in [1.165, 1.54) is 10.6 Å². The van der Waals surface area contributed by atoms with Crippen molar-refractivity contribution in [3.05, 3.63) is 40.2 Å². The van der Waals surface area contributed by atoms with E-state index in [1.54, 1.807) is 13.8 Å². The van der Waals surface area contributed by atoms with Gasteiger partial charge in [-0.2, -0.15) is 0 Å². The lowest BCUT2D eigenvalue weighted by Gasteiger charge is -2.18. The summed E-state index contributed by atoms with van der Waals surface area (Å²) in [5, 5.41) is 9.13. The van der Waals surface area contributed by atoms with Crippen LogP contribution in [0.4, 0.5) is 13.2 Å². The zero-order valence-electron chi connectivity index (χ0n) is 11.6. The summed E-state index contributed by atoms with van der Waals surface area (Å²) in [7, 11) is 0. The largest absolute Gasteiger partial charge is 0.573 e. The molecule has 0 spiro atoms. The normalized spacial score (nSPS) is 11.9. The Hall–Kier alpha value is -2.51. The first-order valence-electron chi connectivity index (χ1n) is 6.28. The van der Waals surface area contributed by atoms with Crippen LogP contribution in [-0.2, 0) is 0 Å². The number of carbonyl (C=O) groups is 1. The van der Waals surface area contributed by atoms with Crippen molar-refractivity contribution in [2.45, 2.75) is 26.3 Å². The molecule has 1 heterocycles. The smallest absolute Gasteiger partial charge is 0.477 e. The fourth-order valence-electron chi connectivity index (χ4n) is 2.24. The third-order valence-corrected chi connectivity index (χ3v) is 2.99. The van der Waals surface area contributed by atoms with Gasteiger partial charge in [-0.25, -0.2) is 4.79 Å². The molecule has 0 unspecified atom stereocenters. The van der Waals surface area contributed by atoms with Gasteiger partial charge in [-0.15, -0.1) is 13.2 Å². The van der Waals surface area contributed by atoms with Gasteiger partial charge in [0.1, 0.15) is 11.4 Å². The average Bonchev–Trinajstić information content (AvgIpc) is 2.36. The summed E-state index contributed by atoms with van der Waals surface area (Å²) in [5.74, 6) is -1.82. The molecule has 0 aliphatic heterocycles. The average molecular weight is 315 g/mol. The van der Waals surface area contributed by atoms with Gasteiger partial charge in [0.25, 0.3) is 0 Å². The summed E-state index contributed by atoms with van der Waals surface area (Å²) < 4.78 is 41.9. The molecule has 22 heavy (non-hydrogen) atoms. The predicted molar refractivity (Wildman–Crippen MR) is 72.2 cm³/mol. The quantitative estimate of drug-likeness (QED) is 0.944. The van der Waals surface area contributed by atoms with E-state index >= 15 is 0 Å². The summed E-state index contributed by atoms with van der Waals surface area (Å²) in [6.07, 6.45) is -4.87. The van der Waals surface area contributed by atoms with E-state index in [4.69, 9.17) is 0 Å². The highest BCUT2D eigenvalue weighted by Gasteiger charge is 2.31. The molecule has 5 nitrogen and oxygen atoms in total. The summed E-state index contributed by atoms with van der Waals surface area (Å²) in [6.45, 7) is 3.41. The van der Waals surface area contributed by atoms with E-state index in [2.05, 4.69) is 4.74 Å². The fraction of sp³-hybridized carbons (Fsp3) is 0.286. The number of nitrogens with zero attached hydrogens (tertiary/aromatic N) is 1. The highest BCUT2D eigenvalue weighted by atomic mass is 19.4. The molecule has 2 aromatic rings. The first-order valence-corrected chi connectivity index (χ1v) is 6.28. The number of aromatic carboxylic acids is 1. The van der Waals surface area contributed by atoms with Crippen LogP contribution in [0.2, 0.25) is 0 Å². The molecule has 0 fully saturated rings. The Bertz CT molecular complexity index is 793. The van der Waals surface area contributed by atoms with E-state index in [9.17, 15) is 27.9 Å². The van der Waals surface area contributed by atoms with E-state index in [-0.39, 0.29) is 22.6 Å². The molecule has 0 saturated carbocycles. The van der Waals surface area contributed by atoms with E-state index in [0.29, 0.717) is 0 Å². The lowest BCUT2D eigenvalue weighted by Crippen LogP contribution is -2.20. The van der Waals surface area contributed by atoms with Crippen LogP contribution in [0, 0.1) is 0 Å². The van der Waals surface area contributed by atoms with Crippen molar-refractivity contribution in [2.75, 3.05) is 0 Å². The second kappa shape index (κ2) is 5.36. The molecule has 0 saturated heterocycles. The van der Waals surface area contributed by atoms with Crippen LogP contribution in [0.5, 0.6) is 5.75 Å². The number of carboxylic acid groups (broad SMARTS) is 1. The van der Waals surface area contributed by atoms with Crippen molar-refractivity contribution in [3.8, 4) is 5.75 Å². The van der Waals surface area contributed by atoms with Gasteiger partial charge in [-0.1, -0.05) is 0 Å². The Morgan fingerprint density at radius 1 is 1.27 bits per heavy atom. The highest BCUT2D eigenvalue weighted by molar-refractivity contribution is 5.91. The highest BCUT2D eigenvalue weighted by Crippen LogP contribution is 2.27. The van der Waals surface area contributed by atoms with Crippen molar-refractivity contribution in [2.24, 2.45) is 0 Å². The van der Waals surface area contributed by atoms with Gasteiger partial charge >= 0.3 is 12.3 Å². The first-order chi connectivity index (χ1) is 10.1. The molecule has 0 amide bonds. The summed E-state index contributed by atoms with van der Waals surface area (Å²) in [5.41, 5.74) is -0.677. The van der Waals surface area contributed by atoms with E-state index < -0.39 is 23.5 Å². The monoisotopic (exact) mass is 315 g/mol. The minimum Gasteiger partial charge on any atom is -0.477 e. The third-order valence-electron chi connectivity index (χ3n) is 2.99. The number of rotatable bonds is 3. The van der Waals surface area contributed by atoms with Crippen LogP contribution in [0.25, 0.3) is 10.9 Å². The molecule has 8 heteroatoms. The number of fused-ring (bicyclic) bond motifs is 1. The van der Waals surface area contributed by atoms with Gasteiger partial charge in [0.15, 0.2) is 5.43 Å². The second-order valence-corrected chi connectivity index (χ2v) is 4.89. The van der Waals surface area contributed by atoms with Gasteiger partial charge in [0, 0.05) is 17.5 Å². The van der Waals surface area contributed by atoms with Crippen molar-refractivity contribution in [3.63, 3.8) is 0 Å². The Morgan fingerprint density at radius 3 is 2.41 bits per heavy atom. The molecule has 1 aromatic carbocycles. The van der Waals surface area contributed by atoms with Crippen LogP contribution < -0.4 is 10.2 Å². The molecule has 1 aromatic heterocycles. The lowest BCUT2D eigenvalue weighted by molar-refractivity contribution is -0.274. The number of halogens is 3. The number of hydrogen-bond donors (Lipinski definition) is 1. The first kappa shape index (κ1) is 15.9. The van der Waals surface area contributed by atoms with Gasteiger partial charge in [0.2, 0.25) is 0 Å². The van der Waals surface area contributed by atoms with Crippen molar-refractivity contribution < 1.29 is 27.8 Å². The zero-order chi connectivity index (χ0) is 16.7. The van der Waals surface area contributed by atoms with Gasteiger partial charge in [0.05, 0.1) is 5.52 Å². The molecular weight excluding hydrogens is 303 g/mol. The molecule has 1 N–H and O–H groups in total. The van der Waals surface area contributed by atoms with Crippen molar-refractivity contribution >= 4 is 16.9 Å². The number of aromatic nitrogens is 1. The maximum atomic E-state index is 12.2. The van der Waals surface area contributed by atoms with Gasteiger partial charge < -0.3 is 14.4 Å². The second-order valence-electron chi connectivity index (χ2n) is 4.89. The van der Waals surface area contributed by atoms with Crippen LogP contribution in [-0.4, -0.2) is 22.0 Å². The van der Waals surface area contributed by atoms with E-state index in [1.807, 2.05) is 0 Å². The number of ether oxygens (including phenoxy) is 1. The Kier molecular flexibility index (Phi) is 3.87. The topological polar surface area (TPSA) is 68.5 Å². The van der Waals surface area contributed by atoms with Gasteiger partial charge in [-0.3, -0.25) is 4.79 Å². The van der Waals surface area contributed by atoms with Crippen molar-refractivity contribution in [1.82, 2.24) is 4.57 Å². The molecule has 0 aliphatic carbocycles. The molecule has 0 bridgehead atoms. The molecule has 2 rings (SSSR count). The van der Waals surface area contributed by atoms with Crippen LogP contribution >= 0.6 is 0 Å². The zero-order valence-corrected chi connectivity index (χ0v) is 11.6. The van der Waals surface area contributed by atoms with Crippen LogP contribution in [0.3, 0.4) is 0 Å². The summed E-state index contributed by atoms with van der Waals surface area (Å²) in [6, 6.07) is 3.82. The minimum absolute atomic E-state index is 0.0413. The predicted octanol–water partition coefficient (Wildman–Crippen LogP) is 3.18. The van der Waals surface area contributed by atoms with Crippen molar-refractivity contribution in [1.29, 1.82) is 0 Å². The molecule has 0 radical (unpaired) electrons. The molecule has 118 valence electrons. The molecular formula is C14H12F3NO4. The SMILES string of the molecule is CC(C)n1c(C(=O)O)cc(=O)c2cc(OC(F)(F)F)ccc21. The lowest BCUT2D eigenvalue weighted by atomic mass is 10.1.